The van der Waals surface area contributed by atoms with E-state index in [1.54, 1.807) is 0 Å². The summed E-state index contributed by atoms with van der Waals surface area (Å²) in [6, 6.07) is 12.6. The lowest BCUT2D eigenvalue weighted by Gasteiger charge is -2.21. The topological polar surface area (TPSA) is 35.8 Å². The second-order valence-electron chi connectivity index (χ2n) is 3.79. The van der Waals surface area contributed by atoms with Crippen molar-refractivity contribution in [2.24, 2.45) is 5.92 Å². The van der Waals surface area contributed by atoms with Gasteiger partial charge in [-0.05, 0) is 17.6 Å². The standard InChI is InChI=1S/C13H14N2/c14-8-12-6-7-13(12)10-15-9-11-4-2-1-3-5-11/h1-5,7,12,15H,6,9-10H2. The van der Waals surface area contributed by atoms with E-state index < -0.39 is 0 Å². The monoisotopic (exact) mass is 198 g/mol. The Morgan fingerprint density at radius 3 is 2.67 bits per heavy atom. The first-order valence-electron chi connectivity index (χ1n) is 5.23. The molecule has 1 atom stereocenters. The minimum atomic E-state index is 0.160. The smallest absolute Gasteiger partial charge is 0.0719 e. The fourth-order valence-electron chi connectivity index (χ4n) is 1.68. The van der Waals surface area contributed by atoms with Gasteiger partial charge in [-0.3, -0.25) is 0 Å². The van der Waals surface area contributed by atoms with Crippen molar-refractivity contribution in [1.29, 1.82) is 5.26 Å². The van der Waals surface area contributed by atoms with Crippen LogP contribution in [0.4, 0.5) is 0 Å². The molecule has 0 saturated carbocycles. The Bertz CT molecular complexity index is 387. The molecule has 1 aliphatic carbocycles. The van der Waals surface area contributed by atoms with E-state index >= 15 is 0 Å². The fourth-order valence-corrected chi connectivity index (χ4v) is 1.68. The van der Waals surface area contributed by atoms with Crippen molar-refractivity contribution >= 4 is 0 Å². The third-order valence-corrected chi connectivity index (χ3v) is 2.72. The zero-order chi connectivity index (χ0) is 10.5. The Kier molecular flexibility index (Phi) is 3.16. The molecule has 0 spiro atoms. The number of hydrogen-bond donors (Lipinski definition) is 1. The van der Waals surface area contributed by atoms with E-state index in [2.05, 4.69) is 29.6 Å². The van der Waals surface area contributed by atoms with Crippen LogP contribution in [0.25, 0.3) is 0 Å². The third-order valence-electron chi connectivity index (χ3n) is 2.72. The minimum absolute atomic E-state index is 0.160. The first-order valence-corrected chi connectivity index (χ1v) is 5.23. The number of rotatable bonds is 4. The number of nitrogens with zero attached hydrogens (tertiary/aromatic N) is 1. The Morgan fingerprint density at radius 1 is 1.27 bits per heavy atom. The number of benzene rings is 1. The van der Waals surface area contributed by atoms with Gasteiger partial charge in [-0.2, -0.15) is 5.26 Å². The van der Waals surface area contributed by atoms with Crippen LogP contribution in [0.15, 0.2) is 42.0 Å². The molecular formula is C13H14N2. The average molecular weight is 198 g/mol. The average Bonchev–Trinajstić information content (AvgIpc) is 2.25. The first kappa shape index (κ1) is 9.95. The van der Waals surface area contributed by atoms with Gasteiger partial charge in [-0.1, -0.05) is 36.4 Å². The van der Waals surface area contributed by atoms with Crippen molar-refractivity contribution in [3.8, 4) is 6.07 Å². The molecule has 1 unspecified atom stereocenters. The Morgan fingerprint density at radius 2 is 2.07 bits per heavy atom. The molecule has 0 aliphatic heterocycles. The van der Waals surface area contributed by atoms with Crippen LogP contribution in [0.3, 0.4) is 0 Å². The molecule has 0 bridgehead atoms. The summed E-state index contributed by atoms with van der Waals surface area (Å²) in [4.78, 5) is 0. The molecule has 1 aliphatic rings. The largest absolute Gasteiger partial charge is 0.309 e. The van der Waals surface area contributed by atoms with Gasteiger partial charge in [-0.15, -0.1) is 0 Å². The molecule has 1 aromatic rings. The summed E-state index contributed by atoms with van der Waals surface area (Å²) in [7, 11) is 0. The molecule has 0 radical (unpaired) electrons. The molecule has 15 heavy (non-hydrogen) atoms. The lowest BCUT2D eigenvalue weighted by atomic mass is 9.86. The lowest BCUT2D eigenvalue weighted by Crippen LogP contribution is -2.24. The summed E-state index contributed by atoms with van der Waals surface area (Å²) in [5, 5.41) is 12.1. The zero-order valence-electron chi connectivity index (χ0n) is 8.61. The molecule has 1 N–H and O–H groups in total. The second kappa shape index (κ2) is 4.77. The highest BCUT2D eigenvalue weighted by Gasteiger charge is 2.19. The zero-order valence-corrected chi connectivity index (χ0v) is 8.61. The number of nitriles is 1. The minimum Gasteiger partial charge on any atom is -0.309 e. The molecule has 2 heteroatoms. The fraction of sp³-hybridized carbons (Fsp3) is 0.308. The van der Waals surface area contributed by atoms with Crippen LogP contribution in [0, 0.1) is 17.2 Å². The van der Waals surface area contributed by atoms with E-state index in [9.17, 15) is 0 Å². The summed E-state index contributed by atoms with van der Waals surface area (Å²) in [6.07, 6.45) is 3.07. The molecule has 0 aromatic heterocycles. The summed E-state index contributed by atoms with van der Waals surface area (Å²) < 4.78 is 0. The van der Waals surface area contributed by atoms with E-state index in [0.29, 0.717) is 0 Å². The van der Waals surface area contributed by atoms with E-state index in [-0.39, 0.29) is 5.92 Å². The van der Waals surface area contributed by atoms with E-state index in [4.69, 9.17) is 5.26 Å². The maximum atomic E-state index is 8.75. The number of allylic oxidation sites excluding steroid dienone is 1. The van der Waals surface area contributed by atoms with Gasteiger partial charge in [-0.25, -0.2) is 0 Å². The van der Waals surface area contributed by atoms with Crippen LogP contribution in [0.1, 0.15) is 12.0 Å². The predicted molar refractivity (Wildman–Crippen MR) is 60.0 cm³/mol. The van der Waals surface area contributed by atoms with Gasteiger partial charge in [0.25, 0.3) is 0 Å². The van der Waals surface area contributed by atoms with Crippen LogP contribution < -0.4 is 5.32 Å². The first-order chi connectivity index (χ1) is 7.40. The maximum absolute atomic E-state index is 8.75. The van der Waals surface area contributed by atoms with Gasteiger partial charge in [0.15, 0.2) is 0 Å². The van der Waals surface area contributed by atoms with Crippen molar-refractivity contribution in [3.63, 3.8) is 0 Å². The van der Waals surface area contributed by atoms with Gasteiger partial charge in [0.05, 0.1) is 12.0 Å². The Balaban J connectivity index is 1.75. The number of hydrogen-bond acceptors (Lipinski definition) is 2. The van der Waals surface area contributed by atoms with E-state index in [1.807, 2.05) is 18.2 Å². The van der Waals surface area contributed by atoms with Crippen molar-refractivity contribution in [3.05, 3.63) is 47.5 Å². The summed E-state index contributed by atoms with van der Waals surface area (Å²) in [6.45, 7) is 1.71. The van der Waals surface area contributed by atoms with E-state index in [1.165, 1.54) is 11.1 Å². The molecule has 0 amide bonds. The molecule has 76 valence electrons. The van der Waals surface area contributed by atoms with Gasteiger partial charge in [0, 0.05) is 13.1 Å². The SMILES string of the molecule is N#CC1CC=C1CNCc1ccccc1. The quantitative estimate of drug-likeness (QED) is 0.753. The van der Waals surface area contributed by atoms with Crippen LogP contribution in [-0.4, -0.2) is 6.54 Å². The van der Waals surface area contributed by atoms with Crippen molar-refractivity contribution in [1.82, 2.24) is 5.32 Å². The van der Waals surface area contributed by atoms with Crippen molar-refractivity contribution in [2.45, 2.75) is 13.0 Å². The van der Waals surface area contributed by atoms with Gasteiger partial charge >= 0.3 is 0 Å². The normalized spacial score (nSPS) is 18.9. The molecule has 2 nitrogen and oxygen atoms in total. The second-order valence-corrected chi connectivity index (χ2v) is 3.79. The van der Waals surface area contributed by atoms with Crippen molar-refractivity contribution < 1.29 is 0 Å². The maximum Gasteiger partial charge on any atom is 0.0719 e. The van der Waals surface area contributed by atoms with Crippen molar-refractivity contribution in [2.75, 3.05) is 6.54 Å². The highest BCUT2D eigenvalue weighted by atomic mass is 14.9. The summed E-state index contributed by atoms with van der Waals surface area (Å²) >= 11 is 0. The molecule has 2 rings (SSSR count). The Labute approximate surface area is 90.2 Å². The lowest BCUT2D eigenvalue weighted by molar-refractivity contribution is 0.624. The number of nitrogens with one attached hydrogen (secondary N) is 1. The predicted octanol–water partition coefficient (Wildman–Crippen LogP) is 2.25. The highest BCUT2D eigenvalue weighted by molar-refractivity contribution is 5.26. The Hall–Kier alpha value is -1.59. The van der Waals surface area contributed by atoms with Gasteiger partial charge in [0.1, 0.15) is 0 Å². The van der Waals surface area contributed by atoms with Gasteiger partial charge in [0.2, 0.25) is 0 Å². The molecule has 0 saturated heterocycles. The van der Waals surface area contributed by atoms with Crippen LogP contribution in [0.5, 0.6) is 0 Å². The molecule has 1 aromatic carbocycles. The third kappa shape index (κ3) is 2.45. The molecule has 0 fully saturated rings. The van der Waals surface area contributed by atoms with E-state index in [0.717, 1.165) is 19.5 Å². The summed E-state index contributed by atoms with van der Waals surface area (Å²) in [5.74, 6) is 0.160. The van der Waals surface area contributed by atoms with Crippen LogP contribution in [-0.2, 0) is 6.54 Å². The van der Waals surface area contributed by atoms with Gasteiger partial charge < -0.3 is 5.32 Å². The van der Waals surface area contributed by atoms with Crippen LogP contribution >= 0.6 is 0 Å². The van der Waals surface area contributed by atoms with Crippen LogP contribution in [0.2, 0.25) is 0 Å². The molecule has 0 heterocycles. The highest BCUT2D eigenvalue weighted by Crippen LogP contribution is 2.25. The summed E-state index contributed by atoms with van der Waals surface area (Å²) in [5.41, 5.74) is 2.53. The molecular weight excluding hydrogens is 184 g/mol.